The molecule has 0 saturated carbocycles. The average Bonchev–Trinajstić information content (AvgIpc) is 2.39. The molecule has 0 bridgehead atoms. The van der Waals surface area contributed by atoms with Crippen molar-refractivity contribution in [3.05, 3.63) is 63.2 Å². The smallest absolute Gasteiger partial charge is 0.272 e. The van der Waals surface area contributed by atoms with Gasteiger partial charge < -0.3 is 5.11 Å². The van der Waals surface area contributed by atoms with E-state index in [0.29, 0.717) is 11.1 Å². The van der Waals surface area contributed by atoms with Crippen LogP contribution in [0.15, 0.2) is 53.6 Å². The van der Waals surface area contributed by atoms with Gasteiger partial charge in [0.1, 0.15) is 5.75 Å². The van der Waals surface area contributed by atoms with Crippen LogP contribution in [0.1, 0.15) is 15.9 Å². The number of carbonyl (C=O) groups is 1. The standard InChI is InChI=1S/C14H11IN2O2/c15-13-7-2-1-6-12(13)14(19)17-16-9-10-4-3-5-11(18)8-10/h1-9,18H,(H,17,19)/b16-9-. The van der Waals surface area contributed by atoms with Gasteiger partial charge in [-0.1, -0.05) is 24.3 Å². The SMILES string of the molecule is O=C(N/N=C\c1cccc(O)c1)c1ccccc1I. The van der Waals surface area contributed by atoms with Crippen LogP contribution in [0.25, 0.3) is 0 Å². The molecule has 96 valence electrons. The molecule has 1 amide bonds. The van der Waals surface area contributed by atoms with Crippen LogP contribution in [0.3, 0.4) is 0 Å². The third-order valence-corrected chi connectivity index (χ3v) is 3.31. The number of phenolic OH excluding ortho intramolecular Hbond substituents is 1. The fourth-order valence-electron chi connectivity index (χ4n) is 1.48. The van der Waals surface area contributed by atoms with E-state index in [9.17, 15) is 9.90 Å². The predicted molar refractivity (Wildman–Crippen MR) is 82.3 cm³/mol. The molecule has 2 aromatic rings. The first kappa shape index (κ1) is 13.5. The molecule has 0 aromatic heterocycles. The number of hydrogen-bond donors (Lipinski definition) is 2. The highest BCUT2D eigenvalue weighted by Crippen LogP contribution is 2.11. The van der Waals surface area contributed by atoms with Crippen LogP contribution in [0.5, 0.6) is 5.75 Å². The van der Waals surface area contributed by atoms with Crippen molar-refractivity contribution in [1.82, 2.24) is 5.43 Å². The summed E-state index contributed by atoms with van der Waals surface area (Å²) in [6.07, 6.45) is 1.48. The molecule has 0 saturated heterocycles. The number of rotatable bonds is 3. The van der Waals surface area contributed by atoms with Crippen LogP contribution in [0.2, 0.25) is 0 Å². The highest BCUT2D eigenvalue weighted by Gasteiger charge is 2.07. The number of amides is 1. The van der Waals surface area contributed by atoms with Crippen LogP contribution >= 0.6 is 22.6 Å². The first-order valence-corrected chi connectivity index (χ1v) is 6.61. The zero-order valence-corrected chi connectivity index (χ0v) is 12.0. The summed E-state index contributed by atoms with van der Waals surface area (Å²) < 4.78 is 0.866. The Labute approximate surface area is 124 Å². The molecule has 0 atom stereocenters. The van der Waals surface area contributed by atoms with Crippen molar-refractivity contribution in [2.24, 2.45) is 5.10 Å². The molecule has 0 heterocycles. The van der Waals surface area contributed by atoms with Gasteiger partial charge in [-0.3, -0.25) is 4.79 Å². The van der Waals surface area contributed by atoms with E-state index in [2.05, 4.69) is 33.1 Å². The van der Waals surface area contributed by atoms with E-state index >= 15 is 0 Å². The summed E-state index contributed by atoms with van der Waals surface area (Å²) in [5.41, 5.74) is 3.74. The first-order chi connectivity index (χ1) is 9.16. The molecule has 4 nitrogen and oxygen atoms in total. The molecule has 2 N–H and O–H groups in total. The van der Waals surface area contributed by atoms with Gasteiger partial charge in [0.15, 0.2) is 0 Å². The number of nitrogens with one attached hydrogen (secondary N) is 1. The predicted octanol–water partition coefficient (Wildman–Crippen LogP) is 2.76. The summed E-state index contributed by atoms with van der Waals surface area (Å²) in [6, 6.07) is 13.9. The minimum absolute atomic E-state index is 0.160. The number of nitrogens with zero attached hydrogens (tertiary/aromatic N) is 1. The number of carbonyl (C=O) groups excluding carboxylic acids is 1. The number of phenols is 1. The van der Waals surface area contributed by atoms with Crippen LogP contribution in [0, 0.1) is 3.57 Å². The molecule has 0 aliphatic carbocycles. The zero-order chi connectivity index (χ0) is 13.7. The second kappa shape index (κ2) is 6.33. The van der Waals surface area contributed by atoms with Crippen molar-refractivity contribution in [2.75, 3.05) is 0 Å². The average molecular weight is 366 g/mol. The number of hydrogen-bond acceptors (Lipinski definition) is 3. The summed E-state index contributed by atoms with van der Waals surface area (Å²) in [5, 5.41) is 13.1. The number of aromatic hydroxyl groups is 1. The maximum atomic E-state index is 11.8. The Bertz CT molecular complexity index is 626. The van der Waals surface area contributed by atoms with Crippen LogP contribution in [-0.2, 0) is 0 Å². The quantitative estimate of drug-likeness (QED) is 0.499. The largest absolute Gasteiger partial charge is 0.508 e. The second-order valence-corrected chi connectivity index (χ2v) is 4.94. The molecule has 19 heavy (non-hydrogen) atoms. The second-order valence-electron chi connectivity index (χ2n) is 3.77. The van der Waals surface area contributed by atoms with E-state index in [1.54, 1.807) is 36.4 Å². The number of halogens is 1. The minimum Gasteiger partial charge on any atom is -0.508 e. The van der Waals surface area contributed by atoms with Crippen LogP contribution < -0.4 is 5.43 Å². The molecular weight excluding hydrogens is 355 g/mol. The van der Waals surface area contributed by atoms with Crippen LogP contribution in [0.4, 0.5) is 0 Å². The van der Waals surface area contributed by atoms with Gasteiger partial charge in [0.05, 0.1) is 11.8 Å². The highest BCUT2D eigenvalue weighted by atomic mass is 127. The lowest BCUT2D eigenvalue weighted by Gasteiger charge is -2.01. The lowest BCUT2D eigenvalue weighted by molar-refractivity contribution is 0.0954. The van der Waals surface area contributed by atoms with E-state index in [4.69, 9.17) is 0 Å². The summed E-state index contributed by atoms with van der Waals surface area (Å²) >= 11 is 2.10. The third-order valence-electron chi connectivity index (χ3n) is 2.37. The van der Waals surface area contributed by atoms with Crippen molar-refractivity contribution in [1.29, 1.82) is 0 Å². The monoisotopic (exact) mass is 366 g/mol. The number of benzene rings is 2. The summed E-state index contributed by atoms with van der Waals surface area (Å²) in [6.45, 7) is 0. The normalized spacial score (nSPS) is 10.6. The van der Waals surface area contributed by atoms with Gasteiger partial charge in [0, 0.05) is 3.57 Å². The molecule has 0 unspecified atom stereocenters. The van der Waals surface area contributed by atoms with E-state index < -0.39 is 0 Å². The highest BCUT2D eigenvalue weighted by molar-refractivity contribution is 14.1. The number of hydrazone groups is 1. The van der Waals surface area contributed by atoms with E-state index in [1.165, 1.54) is 6.21 Å². The summed E-state index contributed by atoms with van der Waals surface area (Å²) in [4.78, 5) is 11.8. The summed E-state index contributed by atoms with van der Waals surface area (Å²) in [5.74, 6) is -0.103. The van der Waals surface area contributed by atoms with Gasteiger partial charge in [0.2, 0.25) is 0 Å². The van der Waals surface area contributed by atoms with Gasteiger partial charge >= 0.3 is 0 Å². The maximum Gasteiger partial charge on any atom is 0.272 e. The van der Waals surface area contributed by atoms with Crippen molar-refractivity contribution in [3.63, 3.8) is 0 Å². The lowest BCUT2D eigenvalue weighted by atomic mass is 10.2. The van der Waals surface area contributed by atoms with E-state index in [-0.39, 0.29) is 11.7 Å². The van der Waals surface area contributed by atoms with Gasteiger partial charge in [0.25, 0.3) is 5.91 Å². The van der Waals surface area contributed by atoms with Crippen molar-refractivity contribution in [2.45, 2.75) is 0 Å². The lowest BCUT2D eigenvalue weighted by Crippen LogP contribution is -2.18. The Morgan fingerprint density at radius 1 is 1.21 bits per heavy atom. The fourth-order valence-corrected chi connectivity index (χ4v) is 2.11. The molecule has 2 aromatic carbocycles. The third kappa shape index (κ3) is 3.78. The topological polar surface area (TPSA) is 61.7 Å². The molecule has 0 aliphatic rings. The molecule has 0 aliphatic heterocycles. The Kier molecular flexibility index (Phi) is 4.51. The molecule has 0 spiro atoms. The maximum absolute atomic E-state index is 11.8. The van der Waals surface area contributed by atoms with Gasteiger partial charge in [-0.2, -0.15) is 5.10 Å². The van der Waals surface area contributed by atoms with E-state index in [0.717, 1.165) is 3.57 Å². The minimum atomic E-state index is -0.263. The molecular formula is C14H11IN2O2. The molecule has 5 heteroatoms. The molecule has 2 rings (SSSR count). The van der Waals surface area contributed by atoms with Crippen LogP contribution in [-0.4, -0.2) is 17.2 Å². The van der Waals surface area contributed by atoms with Crippen molar-refractivity contribution in [3.8, 4) is 5.75 Å². The summed E-state index contributed by atoms with van der Waals surface area (Å²) in [7, 11) is 0. The van der Waals surface area contributed by atoms with Gasteiger partial charge in [-0.05, 0) is 52.4 Å². The van der Waals surface area contributed by atoms with Crippen molar-refractivity contribution >= 4 is 34.7 Å². The molecule has 0 fully saturated rings. The Balaban J connectivity index is 2.03. The Hall–Kier alpha value is -1.89. The van der Waals surface area contributed by atoms with Gasteiger partial charge in [-0.15, -0.1) is 0 Å². The Morgan fingerprint density at radius 2 is 2.00 bits per heavy atom. The molecule has 0 radical (unpaired) electrons. The van der Waals surface area contributed by atoms with Crippen molar-refractivity contribution < 1.29 is 9.90 Å². The fraction of sp³-hybridized carbons (Fsp3) is 0. The zero-order valence-electron chi connectivity index (χ0n) is 9.88. The Morgan fingerprint density at radius 3 is 2.74 bits per heavy atom. The van der Waals surface area contributed by atoms with E-state index in [1.807, 2.05) is 12.1 Å². The first-order valence-electron chi connectivity index (χ1n) is 5.54. The van der Waals surface area contributed by atoms with Gasteiger partial charge in [-0.25, -0.2) is 5.43 Å².